The summed E-state index contributed by atoms with van der Waals surface area (Å²) in [6.07, 6.45) is 35.5. The molecule has 0 heterocycles. The molecule has 0 aromatic heterocycles. The number of rotatable bonds is 36. The molecule has 0 fully saturated rings. The molecule has 0 radical (unpaired) electrons. The lowest BCUT2D eigenvalue weighted by atomic mass is 10.0. The summed E-state index contributed by atoms with van der Waals surface area (Å²) in [6, 6.07) is 0. The van der Waals surface area contributed by atoms with Gasteiger partial charge in [0.1, 0.15) is 0 Å². The first-order valence-electron chi connectivity index (χ1n) is 18.9. The summed E-state index contributed by atoms with van der Waals surface area (Å²) in [6.45, 7) is 4.08. The molecule has 2 unspecified atom stereocenters. The fourth-order valence-corrected chi connectivity index (χ4v) is 6.51. The Morgan fingerprint density at radius 1 is 0.419 bits per heavy atom. The third-order valence-corrected chi connectivity index (χ3v) is 9.59. The van der Waals surface area contributed by atoms with Crippen LogP contribution in [0.15, 0.2) is 0 Å². The predicted molar refractivity (Wildman–Crippen MR) is 184 cm³/mol. The van der Waals surface area contributed by atoms with Crippen molar-refractivity contribution in [2.24, 2.45) is 0 Å². The van der Waals surface area contributed by atoms with Crippen molar-refractivity contribution in [3.05, 3.63) is 0 Å². The SMILES string of the molecule is CCCCCCCCCCCCCCCCC(O)COP(=O)(O)OCC(O)CCCCCCCCCCCCCCCC. The lowest BCUT2D eigenvalue weighted by Crippen LogP contribution is -2.17. The average molecular weight is 635 g/mol. The molecule has 260 valence electrons. The molecule has 0 aliphatic carbocycles. The lowest BCUT2D eigenvalue weighted by Gasteiger charge is -2.17. The molecule has 0 saturated carbocycles. The largest absolute Gasteiger partial charge is 0.472 e. The number of unbranched alkanes of at least 4 members (excludes halogenated alkanes) is 26. The van der Waals surface area contributed by atoms with Gasteiger partial charge in [0.25, 0.3) is 0 Å². The van der Waals surface area contributed by atoms with E-state index in [4.69, 9.17) is 9.05 Å². The maximum absolute atomic E-state index is 12.1. The minimum Gasteiger partial charge on any atom is -0.391 e. The van der Waals surface area contributed by atoms with E-state index in [1.54, 1.807) is 0 Å². The smallest absolute Gasteiger partial charge is 0.391 e. The number of hydrogen-bond donors (Lipinski definition) is 3. The second-order valence-electron chi connectivity index (χ2n) is 13.1. The normalized spacial score (nSPS) is 14.6. The van der Waals surface area contributed by atoms with E-state index in [2.05, 4.69) is 13.8 Å². The van der Waals surface area contributed by atoms with Gasteiger partial charge >= 0.3 is 7.82 Å². The summed E-state index contributed by atoms with van der Waals surface area (Å²) in [5, 5.41) is 20.2. The van der Waals surface area contributed by atoms with Crippen molar-refractivity contribution in [3.63, 3.8) is 0 Å². The molecule has 0 aliphatic heterocycles. The van der Waals surface area contributed by atoms with Crippen LogP contribution in [0.5, 0.6) is 0 Å². The molecule has 0 amide bonds. The van der Waals surface area contributed by atoms with Gasteiger partial charge in [0.05, 0.1) is 25.4 Å². The lowest BCUT2D eigenvalue weighted by molar-refractivity contribution is 0.0432. The third kappa shape index (κ3) is 34.7. The third-order valence-electron chi connectivity index (χ3n) is 8.64. The van der Waals surface area contributed by atoms with Gasteiger partial charge in [-0.15, -0.1) is 0 Å². The van der Waals surface area contributed by atoms with E-state index in [0.29, 0.717) is 12.8 Å². The van der Waals surface area contributed by atoms with Gasteiger partial charge in [-0.3, -0.25) is 9.05 Å². The Morgan fingerprint density at radius 3 is 0.860 bits per heavy atom. The summed E-state index contributed by atoms with van der Waals surface area (Å²) in [4.78, 5) is 9.89. The first-order chi connectivity index (χ1) is 20.9. The first kappa shape index (κ1) is 43.0. The zero-order valence-electron chi connectivity index (χ0n) is 28.8. The number of phosphoric acid groups is 1. The molecule has 2 atom stereocenters. The highest BCUT2D eigenvalue weighted by atomic mass is 31.2. The van der Waals surface area contributed by atoms with Crippen molar-refractivity contribution in [3.8, 4) is 0 Å². The van der Waals surface area contributed by atoms with E-state index in [-0.39, 0.29) is 13.2 Å². The molecule has 7 heteroatoms. The Morgan fingerprint density at radius 2 is 0.628 bits per heavy atom. The Balaban J connectivity index is 3.51. The van der Waals surface area contributed by atoms with Crippen LogP contribution in [-0.4, -0.2) is 40.5 Å². The summed E-state index contributed by atoms with van der Waals surface area (Å²) >= 11 is 0. The van der Waals surface area contributed by atoms with Crippen LogP contribution in [-0.2, 0) is 13.6 Å². The molecule has 6 nitrogen and oxygen atoms in total. The molecule has 0 bridgehead atoms. The van der Waals surface area contributed by atoms with Gasteiger partial charge in [-0.25, -0.2) is 4.57 Å². The molecule has 0 aromatic carbocycles. The van der Waals surface area contributed by atoms with Crippen molar-refractivity contribution in [1.29, 1.82) is 0 Å². The maximum Gasteiger partial charge on any atom is 0.472 e. The summed E-state index contributed by atoms with van der Waals surface area (Å²) in [5.41, 5.74) is 0. The number of hydrogen-bond acceptors (Lipinski definition) is 5. The monoisotopic (exact) mass is 635 g/mol. The molecule has 0 aromatic rings. The van der Waals surface area contributed by atoms with Gasteiger partial charge in [0, 0.05) is 0 Å². The van der Waals surface area contributed by atoms with E-state index in [1.807, 2.05) is 0 Å². The Labute approximate surface area is 268 Å². The van der Waals surface area contributed by atoms with Crippen LogP contribution in [0.3, 0.4) is 0 Å². The van der Waals surface area contributed by atoms with Gasteiger partial charge < -0.3 is 15.1 Å². The topological polar surface area (TPSA) is 96.2 Å². The Bertz CT molecular complexity index is 544. The predicted octanol–water partition coefficient (Wildman–Crippen LogP) is 11.6. The van der Waals surface area contributed by atoms with E-state index in [1.165, 1.54) is 154 Å². The zero-order chi connectivity index (χ0) is 31.7. The highest BCUT2D eigenvalue weighted by Gasteiger charge is 2.24. The van der Waals surface area contributed by atoms with Crippen LogP contribution in [0.4, 0.5) is 0 Å². The summed E-state index contributed by atoms with van der Waals surface area (Å²) in [5.74, 6) is 0. The highest BCUT2D eigenvalue weighted by molar-refractivity contribution is 7.47. The minimum atomic E-state index is -4.27. The van der Waals surface area contributed by atoms with Gasteiger partial charge in [-0.2, -0.15) is 0 Å². The van der Waals surface area contributed by atoms with E-state index in [9.17, 15) is 19.7 Å². The van der Waals surface area contributed by atoms with Gasteiger partial charge in [-0.1, -0.05) is 194 Å². The molecule has 3 N–H and O–H groups in total. The van der Waals surface area contributed by atoms with E-state index < -0.39 is 20.0 Å². The number of aliphatic hydroxyl groups is 2. The average Bonchev–Trinajstić information content (AvgIpc) is 2.99. The van der Waals surface area contributed by atoms with Crippen LogP contribution in [0, 0.1) is 0 Å². The molecule has 0 rings (SSSR count). The summed E-state index contributed by atoms with van der Waals surface area (Å²) in [7, 11) is -4.27. The van der Waals surface area contributed by atoms with E-state index >= 15 is 0 Å². The fourth-order valence-electron chi connectivity index (χ4n) is 5.71. The standard InChI is InChI=1S/C36H75O6P/c1-3-5-7-9-11-13-15-17-19-21-23-25-27-29-31-35(37)33-41-43(39,40)42-34-36(38)32-30-28-26-24-22-20-18-16-14-12-10-8-6-4-2/h35-38H,3-34H2,1-2H3,(H,39,40). The molecular weight excluding hydrogens is 559 g/mol. The summed E-state index contributed by atoms with van der Waals surface area (Å²) < 4.78 is 22.0. The number of aliphatic hydroxyl groups excluding tert-OH is 2. The van der Waals surface area contributed by atoms with Crippen LogP contribution in [0.25, 0.3) is 0 Å². The van der Waals surface area contributed by atoms with E-state index in [0.717, 1.165) is 25.7 Å². The van der Waals surface area contributed by atoms with Crippen LogP contribution in [0.1, 0.15) is 206 Å². The molecule has 0 saturated heterocycles. The molecular formula is C36H75O6P. The van der Waals surface area contributed by atoms with Crippen molar-refractivity contribution in [1.82, 2.24) is 0 Å². The van der Waals surface area contributed by atoms with Crippen LogP contribution >= 0.6 is 7.82 Å². The highest BCUT2D eigenvalue weighted by Crippen LogP contribution is 2.43. The molecule has 0 aliphatic rings. The van der Waals surface area contributed by atoms with Crippen molar-refractivity contribution >= 4 is 7.82 Å². The second kappa shape index (κ2) is 33.4. The molecule has 43 heavy (non-hydrogen) atoms. The van der Waals surface area contributed by atoms with Gasteiger partial charge in [-0.05, 0) is 12.8 Å². The zero-order valence-corrected chi connectivity index (χ0v) is 29.7. The quantitative estimate of drug-likeness (QED) is 0.0469. The minimum absolute atomic E-state index is 0.221. The first-order valence-corrected chi connectivity index (χ1v) is 20.4. The second-order valence-corrected chi connectivity index (χ2v) is 14.6. The molecule has 0 spiro atoms. The van der Waals surface area contributed by atoms with Crippen molar-refractivity contribution in [2.45, 2.75) is 219 Å². The van der Waals surface area contributed by atoms with Gasteiger partial charge in [0.15, 0.2) is 0 Å². The van der Waals surface area contributed by atoms with Crippen molar-refractivity contribution < 1.29 is 28.7 Å². The van der Waals surface area contributed by atoms with Crippen LogP contribution in [0.2, 0.25) is 0 Å². The Kier molecular flexibility index (Phi) is 33.4. The number of phosphoric ester groups is 1. The maximum atomic E-state index is 12.1. The Hall–Kier alpha value is 0.0300. The van der Waals surface area contributed by atoms with Crippen LogP contribution < -0.4 is 0 Å². The van der Waals surface area contributed by atoms with Gasteiger partial charge in [0.2, 0.25) is 0 Å². The fraction of sp³-hybridized carbons (Fsp3) is 1.00. The van der Waals surface area contributed by atoms with Crippen molar-refractivity contribution in [2.75, 3.05) is 13.2 Å².